The molecule has 0 saturated carbocycles. The van der Waals surface area contributed by atoms with Crippen LogP contribution in [0.3, 0.4) is 0 Å². The largest absolute Gasteiger partial charge is 0.504 e. The van der Waals surface area contributed by atoms with Crippen LogP contribution < -0.4 is 0 Å². The zero-order valence-electron chi connectivity index (χ0n) is 7.72. The molecule has 14 heavy (non-hydrogen) atoms. The summed E-state index contributed by atoms with van der Waals surface area (Å²) in [6.07, 6.45) is 5.14. The van der Waals surface area contributed by atoms with Crippen LogP contribution in [0.5, 0.6) is 5.75 Å². The van der Waals surface area contributed by atoms with Crippen LogP contribution in [-0.4, -0.2) is 26.2 Å². The molecule has 0 atom stereocenters. The van der Waals surface area contributed by atoms with Gasteiger partial charge in [-0.1, -0.05) is 0 Å². The lowest BCUT2D eigenvalue weighted by Crippen LogP contribution is -1.88. The van der Waals surface area contributed by atoms with Crippen molar-refractivity contribution in [3.05, 3.63) is 30.2 Å². The molecule has 2 heterocycles. The molecule has 2 aromatic heterocycles. The van der Waals surface area contributed by atoms with Crippen LogP contribution in [0.25, 0.3) is 5.65 Å². The van der Waals surface area contributed by atoms with E-state index in [1.807, 2.05) is 12.4 Å². The lowest BCUT2D eigenvalue weighted by atomic mass is 10.3. The third-order valence-electron chi connectivity index (χ3n) is 2.10. The lowest BCUT2D eigenvalue weighted by Gasteiger charge is -1.92. The summed E-state index contributed by atoms with van der Waals surface area (Å²) in [5.74, 6) is 0.183. The van der Waals surface area contributed by atoms with Crippen molar-refractivity contribution in [1.82, 2.24) is 9.38 Å². The van der Waals surface area contributed by atoms with E-state index in [0.717, 1.165) is 12.1 Å². The summed E-state index contributed by atoms with van der Waals surface area (Å²) in [5, 5.41) is 18.2. The molecule has 2 N–H and O–H groups in total. The molecule has 0 amide bonds. The number of hydrogen-bond donors (Lipinski definition) is 2. The van der Waals surface area contributed by atoms with Gasteiger partial charge in [-0.15, -0.1) is 0 Å². The fraction of sp³-hybridized carbons (Fsp3) is 0.300. The standard InChI is InChI=1S/C10H12N2O2/c13-6-2-3-8-7-12-5-1-4-9(14)10(12)11-8/h1,4-5,7,13-14H,2-3,6H2. The second-order valence-corrected chi connectivity index (χ2v) is 3.18. The fourth-order valence-electron chi connectivity index (χ4n) is 1.43. The van der Waals surface area contributed by atoms with Crippen LogP contribution >= 0.6 is 0 Å². The van der Waals surface area contributed by atoms with Crippen molar-refractivity contribution < 1.29 is 10.2 Å². The summed E-state index contributed by atoms with van der Waals surface area (Å²) < 4.78 is 1.78. The van der Waals surface area contributed by atoms with Crippen molar-refractivity contribution in [3.63, 3.8) is 0 Å². The molecule has 2 aromatic rings. The van der Waals surface area contributed by atoms with Crippen LogP contribution in [0.15, 0.2) is 24.5 Å². The Morgan fingerprint density at radius 1 is 1.43 bits per heavy atom. The Bertz CT molecular complexity index is 437. The van der Waals surface area contributed by atoms with Gasteiger partial charge < -0.3 is 14.6 Å². The summed E-state index contributed by atoms with van der Waals surface area (Å²) in [6.45, 7) is 0.167. The van der Waals surface area contributed by atoms with E-state index in [1.165, 1.54) is 0 Å². The number of aromatic hydroxyl groups is 1. The summed E-state index contributed by atoms with van der Waals surface area (Å²) in [5.41, 5.74) is 1.46. The zero-order chi connectivity index (χ0) is 9.97. The molecule has 2 rings (SSSR count). The smallest absolute Gasteiger partial charge is 0.179 e. The van der Waals surface area contributed by atoms with E-state index in [1.54, 1.807) is 16.5 Å². The van der Waals surface area contributed by atoms with Gasteiger partial charge >= 0.3 is 0 Å². The Balaban J connectivity index is 2.36. The number of rotatable bonds is 3. The van der Waals surface area contributed by atoms with Gasteiger partial charge in [0.2, 0.25) is 0 Å². The van der Waals surface area contributed by atoms with E-state index >= 15 is 0 Å². The molecule has 0 aliphatic heterocycles. The van der Waals surface area contributed by atoms with Gasteiger partial charge in [0.15, 0.2) is 11.4 Å². The minimum Gasteiger partial charge on any atom is -0.504 e. The highest BCUT2D eigenvalue weighted by atomic mass is 16.3. The quantitative estimate of drug-likeness (QED) is 0.761. The average molecular weight is 192 g/mol. The van der Waals surface area contributed by atoms with E-state index in [2.05, 4.69) is 4.98 Å². The number of fused-ring (bicyclic) bond motifs is 1. The second kappa shape index (κ2) is 3.67. The molecule has 0 aromatic carbocycles. The number of aliphatic hydroxyl groups excluding tert-OH is 1. The number of nitrogens with zero attached hydrogens (tertiary/aromatic N) is 2. The highest BCUT2D eigenvalue weighted by molar-refractivity contribution is 5.53. The summed E-state index contributed by atoms with van der Waals surface area (Å²) in [4.78, 5) is 4.25. The highest BCUT2D eigenvalue weighted by Crippen LogP contribution is 2.17. The molecule has 0 unspecified atom stereocenters. The normalized spacial score (nSPS) is 10.9. The molecule has 74 valence electrons. The molecule has 0 bridgehead atoms. The second-order valence-electron chi connectivity index (χ2n) is 3.18. The molecular formula is C10H12N2O2. The molecule has 0 saturated heterocycles. The van der Waals surface area contributed by atoms with Gasteiger partial charge in [0.1, 0.15) is 0 Å². The number of aryl methyl sites for hydroxylation is 1. The van der Waals surface area contributed by atoms with Gasteiger partial charge in [-0.2, -0.15) is 0 Å². The van der Waals surface area contributed by atoms with Crippen LogP contribution in [0.4, 0.5) is 0 Å². The van der Waals surface area contributed by atoms with E-state index in [-0.39, 0.29) is 12.4 Å². The maximum absolute atomic E-state index is 9.48. The third kappa shape index (κ3) is 1.56. The molecule has 4 heteroatoms. The van der Waals surface area contributed by atoms with Gasteiger partial charge in [0, 0.05) is 19.0 Å². The first-order valence-electron chi connectivity index (χ1n) is 4.57. The molecule has 4 nitrogen and oxygen atoms in total. The lowest BCUT2D eigenvalue weighted by molar-refractivity contribution is 0.288. The molecule has 0 spiro atoms. The third-order valence-corrected chi connectivity index (χ3v) is 2.10. The number of aliphatic hydroxyl groups is 1. The van der Waals surface area contributed by atoms with Crippen molar-refractivity contribution >= 4 is 5.65 Å². The Hall–Kier alpha value is -1.55. The summed E-state index contributed by atoms with van der Waals surface area (Å²) in [6, 6.07) is 3.37. The maximum Gasteiger partial charge on any atom is 0.179 e. The zero-order valence-corrected chi connectivity index (χ0v) is 7.72. The predicted molar refractivity (Wildman–Crippen MR) is 52.3 cm³/mol. The van der Waals surface area contributed by atoms with E-state index in [4.69, 9.17) is 5.11 Å². The Labute approximate surface area is 81.5 Å². The van der Waals surface area contributed by atoms with Crippen LogP contribution in [0, 0.1) is 0 Å². The Morgan fingerprint density at radius 2 is 2.29 bits per heavy atom. The first kappa shape index (κ1) is 9.02. The van der Waals surface area contributed by atoms with Crippen LogP contribution in [0.1, 0.15) is 12.1 Å². The average Bonchev–Trinajstić information content (AvgIpc) is 2.59. The fourth-order valence-corrected chi connectivity index (χ4v) is 1.43. The number of hydrogen-bond acceptors (Lipinski definition) is 3. The minimum atomic E-state index is 0.167. The van der Waals surface area contributed by atoms with Crippen molar-refractivity contribution in [3.8, 4) is 5.75 Å². The summed E-state index contributed by atoms with van der Waals surface area (Å²) in [7, 11) is 0. The highest BCUT2D eigenvalue weighted by Gasteiger charge is 2.04. The van der Waals surface area contributed by atoms with Crippen molar-refractivity contribution in [2.75, 3.05) is 6.61 Å². The van der Waals surface area contributed by atoms with Gasteiger partial charge in [-0.3, -0.25) is 0 Å². The monoisotopic (exact) mass is 192 g/mol. The molecule has 0 aliphatic rings. The number of pyridine rings is 1. The topological polar surface area (TPSA) is 57.8 Å². The first-order chi connectivity index (χ1) is 6.81. The Morgan fingerprint density at radius 3 is 3.00 bits per heavy atom. The van der Waals surface area contributed by atoms with Gasteiger partial charge in [-0.05, 0) is 25.0 Å². The van der Waals surface area contributed by atoms with Gasteiger partial charge in [-0.25, -0.2) is 4.98 Å². The molecule has 0 aliphatic carbocycles. The SMILES string of the molecule is OCCCc1cn2cccc(O)c2n1. The molecular weight excluding hydrogens is 180 g/mol. The number of aromatic nitrogens is 2. The van der Waals surface area contributed by atoms with E-state index in [9.17, 15) is 5.11 Å². The van der Waals surface area contributed by atoms with E-state index in [0.29, 0.717) is 12.1 Å². The van der Waals surface area contributed by atoms with Crippen molar-refractivity contribution in [2.24, 2.45) is 0 Å². The van der Waals surface area contributed by atoms with Gasteiger partial charge in [0.05, 0.1) is 5.69 Å². The maximum atomic E-state index is 9.48. The van der Waals surface area contributed by atoms with Crippen molar-refractivity contribution in [2.45, 2.75) is 12.8 Å². The van der Waals surface area contributed by atoms with Crippen molar-refractivity contribution in [1.29, 1.82) is 0 Å². The first-order valence-corrected chi connectivity index (χ1v) is 4.57. The summed E-state index contributed by atoms with van der Waals surface area (Å²) >= 11 is 0. The number of imidazole rings is 1. The Kier molecular flexibility index (Phi) is 2.37. The van der Waals surface area contributed by atoms with Gasteiger partial charge in [0.25, 0.3) is 0 Å². The molecule has 0 fully saturated rings. The van der Waals surface area contributed by atoms with E-state index < -0.39 is 0 Å². The predicted octanol–water partition coefficient (Wildman–Crippen LogP) is 0.965. The van der Waals surface area contributed by atoms with Crippen LogP contribution in [0.2, 0.25) is 0 Å². The van der Waals surface area contributed by atoms with Crippen LogP contribution in [-0.2, 0) is 6.42 Å². The minimum absolute atomic E-state index is 0.167. The molecule has 0 radical (unpaired) electrons.